The van der Waals surface area contributed by atoms with Crippen LogP contribution in [0.4, 0.5) is 5.69 Å². The zero-order valence-electron chi connectivity index (χ0n) is 17.2. The number of carbonyl (C=O) groups is 1. The van der Waals surface area contributed by atoms with Crippen LogP contribution in [0.5, 0.6) is 0 Å². The Bertz CT molecular complexity index is 1630. The van der Waals surface area contributed by atoms with Gasteiger partial charge in [-0.15, -0.1) is 0 Å². The van der Waals surface area contributed by atoms with Gasteiger partial charge in [0.1, 0.15) is 11.2 Å². The quantitative estimate of drug-likeness (QED) is 0.303. The predicted octanol–water partition coefficient (Wildman–Crippen LogP) is 5.50. The molecule has 0 aliphatic carbocycles. The first kappa shape index (κ1) is 18.5. The lowest BCUT2D eigenvalue weighted by molar-refractivity contribution is 0.0594. The van der Waals surface area contributed by atoms with Crippen molar-refractivity contribution >= 4 is 54.9 Å². The molecule has 1 aliphatic rings. The standard InChI is InChI=1S/C25H18BrN3O2/c1-25(2)16-10-13(26)8-9-18(16)27-21-17(25)12-29-20-7-5-4-6-14(20)15-11-19(24(30)31-3)28-22(21)23(15)29/h4-12H,1-3H3. The first-order valence-corrected chi connectivity index (χ1v) is 10.8. The molecule has 31 heavy (non-hydrogen) atoms. The van der Waals surface area contributed by atoms with Crippen molar-refractivity contribution in [1.82, 2.24) is 9.38 Å². The van der Waals surface area contributed by atoms with Crippen molar-refractivity contribution in [2.75, 3.05) is 7.11 Å². The number of nitrogens with zero attached hydrogens (tertiary/aromatic N) is 3. The fraction of sp³-hybridized carbons (Fsp3) is 0.160. The van der Waals surface area contributed by atoms with Crippen molar-refractivity contribution in [1.29, 1.82) is 0 Å². The van der Waals surface area contributed by atoms with Crippen LogP contribution in [0.25, 0.3) is 27.3 Å². The molecule has 2 aromatic carbocycles. The Morgan fingerprint density at radius 3 is 2.68 bits per heavy atom. The fourth-order valence-electron chi connectivity index (χ4n) is 4.79. The van der Waals surface area contributed by atoms with Gasteiger partial charge in [-0.2, -0.15) is 0 Å². The Hall–Kier alpha value is -3.25. The van der Waals surface area contributed by atoms with Gasteiger partial charge in [0.15, 0.2) is 0 Å². The molecule has 0 saturated heterocycles. The summed E-state index contributed by atoms with van der Waals surface area (Å²) in [4.78, 5) is 22.2. The second-order valence-electron chi connectivity index (χ2n) is 8.42. The van der Waals surface area contributed by atoms with Gasteiger partial charge in [-0.25, -0.2) is 14.8 Å². The summed E-state index contributed by atoms with van der Waals surface area (Å²) in [5.41, 5.74) is 5.89. The van der Waals surface area contributed by atoms with E-state index in [9.17, 15) is 4.79 Å². The Balaban J connectivity index is 1.89. The minimum Gasteiger partial charge on any atom is -0.464 e. The lowest BCUT2D eigenvalue weighted by Gasteiger charge is -2.31. The third-order valence-corrected chi connectivity index (χ3v) is 6.85. The molecule has 1 aliphatic heterocycles. The number of esters is 1. The van der Waals surface area contributed by atoms with E-state index in [-0.39, 0.29) is 11.1 Å². The van der Waals surface area contributed by atoms with Crippen LogP contribution in [0.2, 0.25) is 0 Å². The third kappa shape index (κ3) is 2.39. The Morgan fingerprint density at radius 1 is 1.06 bits per heavy atom. The van der Waals surface area contributed by atoms with Crippen molar-refractivity contribution in [3.8, 4) is 0 Å². The molecule has 0 unspecified atom stereocenters. The zero-order chi connectivity index (χ0) is 21.5. The van der Waals surface area contributed by atoms with Gasteiger partial charge in [0.05, 0.1) is 29.2 Å². The van der Waals surface area contributed by atoms with E-state index in [1.54, 1.807) is 0 Å². The molecule has 5 aromatic rings. The summed E-state index contributed by atoms with van der Waals surface area (Å²) in [7, 11) is 1.38. The van der Waals surface area contributed by atoms with Crippen LogP contribution in [-0.4, -0.2) is 22.5 Å². The molecule has 0 radical (unpaired) electrons. The molecule has 5 nitrogen and oxygen atoms in total. The zero-order valence-corrected chi connectivity index (χ0v) is 18.8. The average molecular weight is 472 g/mol. The van der Waals surface area contributed by atoms with E-state index in [0.717, 1.165) is 48.5 Å². The van der Waals surface area contributed by atoms with E-state index in [1.807, 2.05) is 30.3 Å². The molecule has 152 valence electrons. The van der Waals surface area contributed by atoms with Crippen molar-refractivity contribution in [3.63, 3.8) is 0 Å². The van der Waals surface area contributed by atoms with E-state index in [4.69, 9.17) is 14.7 Å². The second kappa shape index (κ2) is 6.14. The molecular weight excluding hydrogens is 454 g/mol. The van der Waals surface area contributed by atoms with Crippen molar-refractivity contribution in [3.05, 3.63) is 81.4 Å². The molecule has 0 atom stereocenters. The smallest absolute Gasteiger partial charge is 0.356 e. The Morgan fingerprint density at radius 2 is 1.87 bits per heavy atom. The predicted molar refractivity (Wildman–Crippen MR) is 124 cm³/mol. The molecular formula is C25H18BrN3O2. The third-order valence-electron chi connectivity index (χ3n) is 6.36. The largest absolute Gasteiger partial charge is 0.464 e. The number of methoxy groups -OCH3 is 1. The molecule has 3 aromatic heterocycles. The number of hydrogen-bond donors (Lipinski definition) is 0. The number of para-hydroxylation sites is 1. The second-order valence-corrected chi connectivity index (χ2v) is 9.34. The van der Waals surface area contributed by atoms with Gasteiger partial charge in [-0.1, -0.05) is 48.0 Å². The van der Waals surface area contributed by atoms with Crippen LogP contribution in [0.15, 0.2) is 64.2 Å². The minimum absolute atomic E-state index is 0.288. The summed E-state index contributed by atoms with van der Waals surface area (Å²) in [5, 5.41) is 2.85. The number of carbonyl (C=O) groups excluding carboxylic acids is 1. The molecule has 0 amide bonds. The maximum atomic E-state index is 12.5. The lowest BCUT2D eigenvalue weighted by Crippen LogP contribution is -2.32. The molecule has 0 saturated carbocycles. The van der Waals surface area contributed by atoms with Crippen LogP contribution < -0.4 is 5.36 Å². The van der Waals surface area contributed by atoms with Crippen LogP contribution in [0, 0.1) is 0 Å². The maximum absolute atomic E-state index is 12.5. The summed E-state index contributed by atoms with van der Waals surface area (Å²) in [5.74, 6) is -0.453. The van der Waals surface area contributed by atoms with E-state index >= 15 is 0 Å². The number of fused-ring (bicyclic) bond motifs is 6. The van der Waals surface area contributed by atoms with Crippen LogP contribution >= 0.6 is 15.9 Å². The van der Waals surface area contributed by atoms with E-state index in [0.29, 0.717) is 5.52 Å². The highest BCUT2D eigenvalue weighted by atomic mass is 79.9. The van der Waals surface area contributed by atoms with Crippen LogP contribution in [0.1, 0.15) is 35.5 Å². The first-order chi connectivity index (χ1) is 14.9. The minimum atomic E-state index is -0.453. The number of rotatable bonds is 1. The first-order valence-electron chi connectivity index (χ1n) is 10.0. The summed E-state index contributed by atoms with van der Waals surface area (Å²) in [6, 6.07) is 16.2. The van der Waals surface area contributed by atoms with Crippen molar-refractivity contribution < 1.29 is 9.53 Å². The Kier molecular flexibility index (Phi) is 3.67. The topological polar surface area (TPSA) is 56.0 Å². The summed E-state index contributed by atoms with van der Waals surface area (Å²) in [6.45, 7) is 4.41. The monoisotopic (exact) mass is 471 g/mol. The van der Waals surface area contributed by atoms with Gasteiger partial charge in [0, 0.05) is 32.4 Å². The van der Waals surface area contributed by atoms with Gasteiger partial charge in [0.2, 0.25) is 0 Å². The summed E-state index contributed by atoms with van der Waals surface area (Å²) in [6.07, 6.45) is 2.18. The highest BCUT2D eigenvalue weighted by Gasteiger charge is 2.33. The molecule has 0 fully saturated rings. The summed E-state index contributed by atoms with van der Waals surface area (Å²) < 4.78 is 8.21. The SMILES string of the molecule is COC(=O)c1cc2c3ccccc3n3cc4c(c(n1)c23)=Nc1ccc(Br)cc1C4(C)C. The van der Waals surface area contributed by atoms with E-state index in [1.165, 1.54) is 7.11 Å². The summed E-state index contributed by atoms with van der Waals surface area (Å²) >= 11 is 3.60. The molecule has 6 rings (SSSR count). The molecule has 4 heterocycles. The van der Waals surface area contributed by atoms with Crippen LogP contribution in [0.3, 0.4) is 0 Å². The highest BCUT2D eigenvalue weighted by Crippen LogP contribution is 2.42. The number of hydrogen-bond acceptors (Lipinski definition) is 4. The van der Waals surface area contributed by atoms with Gasteiger partial charge in [0.25, 0.3) is 0 Å². The average Bonchev–Trinajstić information content (AvgIpc) is 3.09. The number of benzene rings is 2. The maximum Gasteiger partial charge on any atom is 0.356 e. The molecule has 6 heteroatoms. The van der Waals surface area contributed by atoms with Crippen LogP contribution in [-0.2, 0) is 10.2 Å². The van der Waals surface area contributed by atoms with E-state index in [2.05, 4.69) is 58.6 Å². The Labute approximate surface area is 186 Å². The van der Waals surface area contributed by atoms with Gasteiger partial charge < -0.3 is 9.14 Å². The van der Waals surface area contributed by atoms with Gasteiger partial charge in [-0.05, 0) is 35.9 Å². The highest BCUT2D eigenvalue weighted by molar-refractivity contribution is 9.10. The van der Waals surface area contributed by atoms with Crippen molar-refractivity contribution in [2.45, 2.75) is 19.3 Å². The van der Waals surface area contributed by atoms with Crippen molar-refractivity contribution in [2.24, 2.45) is 4.99 Å². The van der Waals surface area contributed by atoms with E-state index < -0.39 is 5.97 Å². The molecule has 0 bridgehead atoms. The number of ether oxygens (including phenoxy) is 1. The number of halogens is 1. The molecule has 0 spiro atoms. The normalized spacial score (nSPS) is 14.5. The van der Waals surface area contributed by atoms with Gasteiger partial charge >= 0.3 is 5.97 Å². The molecule has 0 N–H and O–H groups in total. The van der Waals surface area contributed by atoms with Gasteiger partial charge in [-0.3, -0.25) is 0 Å². The lowest BCUT2D eigenvalue weighted by atomic mass is 9.76. The number of pyridine rings is 2. The fourth-order valence-corrected chi connectivity index (χ4v) is 5.15. The number of aromatic nitrogens is 2.